The number of fused-ring (bicyclic) bond motifs is 1. The zero-order valence-corrected chi connectivity index (χ0v) is 20.8. The third kappa shape index (κ3) is 4.49. The Hall–Kier alpha value is -3.43. The lowest BCUT2D eigenvalue weighted by Gasteiger charge is -2.26. The number of hydrogen-bond acceptors (Lipinski definition) is 8. The van der Waals surface area contributed by atoms with Crippen molar-refractivity contribution in [3.8, 4) is 0 Å². The number of carbonyl (C=O) groups excluding carboxylic acids is 1. The van der Waals surface area contributed by atoms with Crippen LogP contribution < -0.4 is 19.8 Å². The number of ether oxygens (including phenoxy) is 2. The van der Waals surface area contributed by atoms with Crippen molar-refractivity contribution < 1.29 is 18.7 Å². The van der Waals surface area contributed by atoms with Crippen LogP contribution in [0.5, 0.6) is 0 Å². The number of furan rings is 1. The van der Waals surface area contributed by atoms with Crippen molar-refractivity contribution in [3.05, 3.63) is 84.2 Å². The van der Waals surface area contributed by atoms with Crippen LogP contribution in [0.2, 0.25) is 0 Å². The van der Waals surface area contributed by atoms with Crippen molar-refractivity contribution in [2.24, 2.45) is 4.99 Å². The van der Waals surface area contributed by atoms with Gasteiger partial charge in [-0.2, -0.15) is 0 Å². The number of allylic oxidation sites excluding steroid dienone is 1. The zero-order valence-electron chi connectivity index (χ0n) is 19.9. The third-order valence-electron chi connectivity index (χ3n) is 6.12. The predicted molar refractivity (Wildman–Crippen MR) is 133 cm³/mol. The molecule has 1 fully saturated rings. The second-order valence-electron chi connectivity index (χ2n) is 8.49. The topological polar surface area (TPSA) is 86.3 Å². The summed E-state index contributed by atoms with van der Waals surface area (Å²) in [5.41, 5.74) is 2.62. The lowest BCUT2D eigenvalue weighted by Crippen LogP contribution is -2.39. The minimum Gasteiger partial charge on any atom is -0.463 e. The number of anilines is 1. The standard InChI is InChI=1S/C26H27N3O5S/c1-4-33-25(31)22-17(3)27-26-29(23(22)18-7-5-16(2)6-8-18)24(30)20(35-26)15-19-9-10-21(34-19)28-11-13-32-14-12-28/h5-10,15,23H,4,11-14H2,1-3H3/b20-15-/t23-/m0/s1. The molecule has 182 valence electrons. The van der Waals surface area contributed by atoms with Crippen molar-refractivity contribution in [2.75, 3.05) is 37.8 Å². The summed E-state index contributed by atoms with van der Waals surface area (Å²) in [7, 11) is 0. The van der Waals surface area contributed by atoms with Crippen LogP contribution in [0.3, 0.4) is 0 Å². The SMILES string of the molecule is CCOC(=O)C1=C(C)N=c2s/c(=C\c3ccc(N4CCOCC4)o3)c(=O)n2[C@H]1c1ccc(C)cc1. The maximum Gasteiger partial charge on any atom is 0.338 e. The molecule has 8 nitrogen and oxygen atoms in total. The highest BCUT2D eigenvalue weighted by molar-refractivity contribution is 7.07. The summed E-state index contributed by atoms with van der Waals surface area (Å²) < 4.78 is 18.8. The molecule has 0 amide bonds. The summed E-state index contributed by atoms with van der Waals surface area (Å²) in [5, 5.41) is 0. The lowest BCUT2D eigenvalue weighted by molar-refractivity contribution is -0.139. The van der Waals surface area contributed by atoms with Crippen molar-refractivity contribution >= 4 is 29.3 Å². The van der Waals surface area contributed by atoms with Gasteiger partial charge < -0.3 is 18.8 Å². The first-order chi connectivity index (χ1) is 17.0. The largest absolute Gasteiger partial charge is 0.463 e. The molecule has 9 heteroatoms. The van der Waals surface area contributed by atoms with Crippen LogP contribution >= 0.6 is 11.3 Å². The summed E-state index contributed by atoms with van der Waals surface area (Å²) in [6.45, 7) is 8.64. The van der Waals surface area contributed by atoms with Crippen LogP contribution in [0.1, 0.15) is 36.8 Å². The molecular weight excluding hydrogens is 466 g/mol. The van der Waals surface area contributed by atoms with Gasteiger partial charge in [0.15, 0.2) is 10.7 Å². The molecule has 1 aromatic carbocycles. The predicted octanol–water partition coefficient (Wildman–Crippen LogP) is 2.54. The molecule has 4 heterocycles. The zero-order chi connectivity index (χ0) is 24.5. The van der Waals surface area contributed by atoms with Gasteiger partial charge in [-0.1, -0.05) is 41.2 Å². The van der Waals surface area contributed by atoms with Crippen molar-refractivity contribution in [1.29, 1.82) is 0 Å². The second-order valence-corrected chi connectivity index (χ2v) is 9.50. The number of aryl methyl sites for hydroxylation is 1. The Morgan fingerprint density at radius 3 is 2.63 bits per heavy atom. The highest BCUT2D eigenvalue weighted by Crippen LogP contribution is 2.31. The van der Waals surface area contributed by atoms with Gasteiger partial charge in [-0.25, -0.2) is 9.79 Å². The molecule has 1 atom stereocenters. The maximum absolute atomic E-state index is 13.6. The Labute approximate surface area is 206 Å². The minimum atomic E-state index is -0.617. The first kappa shape index (κ1) is 23.3. The molecule has 2 aliphatic heterocycles. The minimum absolute atomic E-state index is 0.224. The number of carbonyl (C=O) groups is 1. The highest BCUT2D eigenvalue weighted by atomic mass is 32.1. The lowest BCUT2D eigenvalue weighted by atomic mass is 9.95. The van der Waals surface area contributed by atoms with E-state index in [1.807, 2.05) is 43.3 Å². The molecule has 0 spiro atoms. The fourth-order valence-electron chi connectivity index (χ4n) is 4.36. The average Bonchev–Trinajstić information content (AvgIpc) is 3.44. The van der Waals surface area contributed by atoms with Crippen molar-refractivity contribution in [1.82, 2.24) is 4.57 Å². The smallest absolute Gasteiger partial charge is 0.338 e. The molecule has 0 N–H and O–H groups in total. The Bertz CT molecular complexity index is 1460. The molecule has 0 saturated carbocycles. The Morgan fingerprint density at radius 2 is 1.91 bits per heavy atom. The molecule has 3 aromatic rings. The van der Waals surface area contributed by atoms with Crippen LogP contribution in [0.4, 0.5) is 5.88 Å². The molecule has 0 bridgehead atoms. The number of aromatic nitrogens is 1. The fourth-order valence-corrected chi connectivity index (χ4v) is 5.39. The van der Waals surface area contributed by atoms with E-state index in [9.17, 15) is 9.59 Å². The van der Waals surface area contributed by atoms with Crippen LogP contribution in [0, 0.1) is 6.92 Å². The monoisotopic (exact) mass is 493 g/mol. The number of nitrogens with zero attached hydrogens (tertiary/aromatic N) is 3. The van der Waals surface area contributed by atoms with Gasteiger partial charge in [0.25, 0.3) is 5.56 Å². The number of thiazole rings is 1. The van der Waals surface area contributed by atoms with Crippen LogP contribution in [-0.4, -0.2) is 43.4 Å². The van der Waals surface area contributed by atoms with Crippen LogP contribution in [0.25, 0.3) is 6.08 Å². The Balaban J connectivity index is 1.60. The molecule has 5 rings (SSSR count). The molecule has 2 aromatic heterocycles. The van der Waals surface area contributed by atoms with Gasteiger partial charge in [0.1, 0.15) is 5.76 Å². The number of morpholine rings is 1. The van der Waals surface area contributed by atoms with Gasteiger partial charge in [-0.15, -0.1) is 0 Å². The van der Waals surface area contributed by atoms with Gasteiger partial charge >= 0.3 is 5.97 Å². The molecular formula is C26H27N3O5S. The van der Waals surface area contributed by atoms with Gasteiger partial charge in [0.05, 0.1) is 41.7 Å². The van der Waals surface area contributed by atoms with E-state index in [2.05, 4.69) is 9.89 Å². The van der Waals surface area contributed by atoms with E-state index in [-0.39, 0.29) is 12.2 Å². The van der Waals surface area contributed by atoms with E-state index in [1.165, 1.54) is 11.3 Å². The van der Waals surface area contributed by atoms with Gasteiger partial charge in [0.2, 0.25) is 0 Å². The van der Waals surface area contributed by atoms with E-state index in [0.29, 0.717) is 39.6 Å². The summed E-state index contributed by atoms with van der Waals surface area (Å²) in [6, 6.07) is 11.0. The van der Waals surface area contributed by atoms with Crippen LogP contribution in [-0.2, 0) is 14.3 Å². The van der Waals surface area contributed by atoms with E-state index in [1.54, 1.807) is 24.5 Å². The fraction of sp³-hybridized carbons (Fsp3) is 0.346. The maximum atomic E-state index is 13.6. The number of esters is 1. The van der Waals surface area contributed by atoms with Crippen LogP contribution in [0.15, 0.2) is 61.9 Å². The summed E-state index contributed by atoms with van der Waals surface area (Å²) >= 11 is 1.28. The van der Waals surface area contributed by atoms with Gasteiger partial charge in [0, 0.05) is 25.2 Å². The first-order valence-electron chi connectivity index (χ1n) is 11.6. The second kappa shape index (κ2) is 9.67. The van der Waals surface area contributed by atoms with E-state index in [4.69, 9.17) is 13.9 Å². The highest BCUT2D eigenvalue weighted by Gasteiger charge is 2.33. The number of rotatable bonds is 5. The molecule has 0 aliphatic carbocycles. The quantitative estimate of drug-likeness (QED) is 0.508. The molecule has 2 aliphatic rings. The van der Waals surface area contributed by atoms with E-state index < -0.39 is 12.0 Å². The van der Waals surface area contributed by atoms with Gasteiger partial charge in [-0.3, -0.25) is 9.36 Å². The molecule has 35 heavy (non-hydrogen) atoms. The normalized spacial score (nSPS) is 18.4. The average molecular weight is 494 g/mol. The van der Waals surface area contributed by atoms with E-state index in [0.717, 1.165) is 30.1 Å². The number of hydrogen-bond donors (Lipinski definition) is 0. The van der Waals surface area contributed by atoms with Crippen molar-refractivity contribution in [2.45, 2.75) is 26.8 Å². The summed E-state index contributed by atoms with van der Waals surface area (Å²) in [5.74, 6) is 0.880. The first-order valence-corrected chi connectivity index (χ1v) is 12.5. The Kier molecular flexibility index (Phi) is 6.44. The molecule has 0 radical (unpaired) electrons. The molecule has 0 unspecified atom stereocenters. The Morgan fingerprint density at radius 1 is 1.17 bits per heavy atom. The van der Waals surface area contributed by atoms with Gasteiger partial charge in [-0.05, 0) is 32.4 Å². The van der Waals surface area contributed by atoms with E-state index >= 15 is 0 Å². The third-order valence-corrected chi connectivity index (χ3v) is 7.10. The summed E-state index contributed by atoms with van der Waals surface area (Å²) in [6.07, 6.45) is 1.74. The number of benzene rings is 1. The summed E-state index contributed by atoms with van der Waals surface area (Å²) in [4.78, 5) is 33.9. The molecule has 1 saturated heterocycles. The van der Waals surface area contributed by atoms with Crippen molar-refractivity contribution in [3.63, 3.8) is 0 Å².